The third-order valence-corrected chi connectivity index (χ3v) is 6.90. The second-order valence-corrected chi connectivity index (χ2v) is 9.40. The van der Waals surface area contributed by atoms with E-state index in [9.17, 15) is 14.4 Å². The van der Waals surface area contributed by atoms with Crippen LogP contribution in [0.5, 0.6) is 0 Å². The number of nitrogens with zero attached hydrogens (tertiary/aromatic N) is 3. The minimum Gasteiger partial charge on any atom is -0.356 e. The molecule has 3 aliphatic heterocycles. The van der Waals surface area contributed by atoms with Crippen LogP contribution in [-0.2, 0) is 11.2 Å². The zero-order chi connectivity index (χ0) is 23.4. The summed E-state index contributed by atoms with van der Waals surface area (Å²) in [7, 11) is 0. The number of ketones is 1. The zero-order valence-electron chi connectivity index (χ0n) is 19.7. The summed E-state index contributed by atoms with van der Waals surface area (Å²) in [5.41, 5.74) is 1.74. The van der Waals surface area contributed by atoms with Crippen LogP contribution in [0.2, 0.25) is 0 Å². The lowest BCUT2D eigenvalue weighted by molar-refractivity contribution is -0.120. The second-order valence-electron chi connectivity index (χ2n) is 9.40. The Morgan fingerprint density at radius 1 is 1.06 bits per heavy atom. The molecular weight excluding hydrogens is 418 g/mol. The van der Waals surface area contributed by atoms with Gasteiger partial charge in [0.15, 0.2) is 5.78 Å². The molecule has 2 aromatic rings. The van der Waals surface area contributed by atoms with Gasteiger partial charge in [0.05, 0.1) is 11.9 Å². The summed E-state index contributed by atoms with van der Waals surface area (Å²) in [4.78, 5) is 40.8. The van der Waals surface area contributed by atoms with Gasteiger partial charge in [-0.25, -0.2) is 4.79 Å². The predicted octanol–water partition coefficient (Wildman–Crippen LogP) is 2.99. The van der Waals surface area contributed by atoms with E-state index in [1.807, 2.05) is 26.0 Å². The third-order valence-electron chi connectivity index (χ3n) is 6.90. The van der Waals surface area contributed by atoms with Crippen LogP contribution >= 0.6 is 0 Å². The van der Waals surface area contributed by atoms with E-state index < -0.39 is 0 Å². The molecule has 1 aromatic carbocycles. The molecule has 0 radical (unpaired) electrons. The molecular formula is C25H35N5O3. The SMILES string of the molecule is CCCNC(=O)Cc1ccc2c(c1)c(C(=O)C[C@H]1CN3CCC1CC3)nn2C(=O)NCCC. The molecule has 3 saturated heterocycles. The highest BCUT2D eigenvalue weighted by Gasteiger charge is 2.36. The monoisotopic (exact) mass is 453 g/mol. The second kappa shape index (κ2) is 10.5. The summed E-state index contributed by atoms with van der Waals surface area (Å²) >= 11 is 0. The summed E-state index contributed by atoms with van der Waals surface area (Å²) in [6.45, 7) is 8.41. The summed E-state index contributed by atoms with van der Waals surface area (Å²) in [6, 6.07) is 5.14. The highest BCUT2D eigenvalue weighted by atomic mass is 16.2. The summed E-state index contributed by atoms with van der Waals surface area (Å²) in [6.07, 6.45) is 4.69. The molecule has 3 aliphatic rings. The summed E-state index contributed by atoms with van der Waals surface area (Å²) in [5.74, 6) is 0.868. The number of hydrogen-bond acceptors (Lipinski definition) is 5. The van der Waals surface area contributed by atoms with Gasteiger partial charge < -0.3 is 15.5 Å². The van der Waals surface area contributed by atoms with Gasteiger partial charge >= 0.3 is 6.03 Å². The Morgan fingerprint density at radius 3 is 2.45 bits per heavy atom. The van der Waals surface area contributed by atoms with Gasteiger partial charge in [-0.05, 0) is 68.3 Å². The largest absolute Gasteiger partial charge is 0.356 e. The minimum absolute atomic E-state index is 0.0200. The number of nitrogens with one attached hydrogen (secondary N) is 2. The fraction of sp³-hybridized carbons (Fsp3) is 0.600. The molecule has 8 nitrogen and oxygen atoms in total. The molecule has 0 unspecified atom stereocenters. The van der Waals surface area contributed by atoms with Crippen molar-refractivity contribution in [1.29, 1.82) is 0 Å². The molecule has 33 heavy (non-hydrogen) atoms. The lowest BCUT2D eigenvalue weighted by atomic mass is 9.76. The topological polar surface area (TPSA) is 96.3 Å². The van der Waals surface area contributed by atoms with Gasteiger partial charge in [0.25, 0.3) is 0 Å². The Kier molecular flexibility index (Phi) is 7.42. The van der Waals surface area contributed by atoms with Gasteiger partial charge in [-0.1, -0.05) is 19.9 Å². The van der Waals surface area contributed by atoms with Crippen molar-refractivity contribution in [3.8, 4) is 0 Å². The van der Waals surface area contributed by atoms with Crippen LogP contribution < -0.4 is 10.6 Å². The Hall–Kier alpha value is -2.74. The number of benzene rings is 1. The highest BCUT2D eigenvalue weighted by molar-refractivity contribution is 6.08. The molecule has 1 aromatic heterocycles. The summed E-state index contributed by atoms with van der Waals surface area (Å²) in [5, 5.41) is 10.9. The highest BCUT2D eigenvalue weighted by Crippen LogP contribution is 2.35. The van der Waals surface area contributed by atoms with Crippen molar-refractivity contribution in [2.24, 2.45) is 11.8 Å². The van der Waals surface area contributed by atoms with E-state index in [0.29, 0.717) is 47.9 Å². The number of hydrogen-bond donors (Lipinski definition) is 2. The molecule has 2 N–H and O–H groups in total. The van der Waals surface area contributed by atoms with Gasteiger partial charge in [0.1, 0.15) is 5.69 Å². The van der Waals surface area contributed by atoms with Gasteiger partial charge in [-0.2, -0.15) is 9.78 Å². The standard InChI is InChI=1S/C25H35N5O3/c1-3-9-26-23(32)14-17-5-6-21-20(13-17)24(28-30(21)25(33)27-10-4-2)22(31)15-19-16-29-11-7-18(19)8-12-29/h5-6,13,18-19H,3-4,7-12,14-16H2,1-2H3,(H,26,32)(H,27,33)/t19-/m0/s1. The maximum atomic E-state index is 13.4. The van der Waals surface area contributed by atoms with Crippen molar-refractivity contribution in [3.05, 3.63) is 29.5 Å². The molecule has 0 saturated carbocycles. The van der Waals surface area contributed by atoms with Crippen LogP contribution in [-0.4, -0.2) is 65.1 Å². The van der Waals surface area contributed by atoms with Crippen LogP contribution in [0.4, 0.5) is 4.79 Å². The van der Waals surface area contributed by atoms with E-state index in [1.165, 1.54) is 4.68 Å². The molecule has 3 fully saturated rings. The number of aromatic nitrogens is 2. The van der Waals surface area contributed by atoms with Gasteiger partial charge in [0, 0.05) is 31.4 Å². The molecule has 178 valence electrons. The molecule has 1 atom stereocenters. The third kappa shape index (κ3) is 5.27. The average molecular weight is 454 g/mol. The smallest absolute Gasteiger partial charge is 0.342 e. The van der Waals surface area contributed by atoms with Gasteiger partial charge in [-0.15, -0.1) is 0 Å². The van der Waals surface area contributed by atoms with Crippen LogP contribution in [0.25, 0.3) is 10.9 Å². The lowest BCUT2D eigenvalue weighted by Crippen LogP contribution is -2.47. The fourth-order valence-electron chi connectivity index (χ4n) is 5.11. The fourth-order valence-corrected chi connectivity index (χ4v) is 5.11. The quantitative estimate of drug-likeness (QED) is 0.569. The van der Waals surface area contributed by atoms with E-state index in [1.54, 1.807) is 6.07 Å². The normalized spacial score (nSPS) is 21.8. The van der Waals surface area contributed by atoms with Crippen LogP contribution in [0.1, 0.15) is 62.0 Å². The number of Topliss-reactive ketones (excluding diaryl/α,β-unsaturated/α-hetero) is 1. The first kappa shape index (κ1) is 23.4. The van der Waals surface area contributed by atoms with E-state index >= 15 is 0 Å². The number of amides is 2. The number of rotatable bonds is 9. The molecule has 2 amide bonds. The molecule has 0 spiro atoms. The number of piperidine rings is 3. The van der Waals surface area contributed by atoms with E-state index in [0.717, 1.165) is 50.9 Å². The molecule has 2 bridgehead atoms. The lowest BCUT2D eigenvalue weighted by Gasteiger charge is -2.44. The predicted molar refractivity (Wildman–Crippen MR) is 127 cm³/mol. The first-order valence-electron chi connectivity index (χ1n) is 12.3. The maximum Gasteiger partial charge on any atom is 0.342 e. The van der Waals surface area contributed by atoms with Crippen LogP contribution in [0.3, 0.4) is 0 Å². The van der Waals surface area contributed by atoms with Crippen molar-refractivity contribution in [1.82, 2.24) is 25.3 Å². The minimum atomic E-state index is -0.336. The maximum absolute atomic E-state index is 13.4. The Bertz CT molecular complexity index is 1020. The Balaban J connectivity index is 1.62. The van der Waals surface area contributed by atoms with E-state index in [4.69, 9.17) is 0 Å². The number of carbonyl (C=O) groups is 3. The molecule has 8 heteroatoms. The average Bonchev–Trinajstić information content (AvgIpc) is 3.21. The first-order chi connectivity index (χ1) is 16.0. The van der Waals surface area contributed by atoms with Gasteiger partial charge in [-0.3, -0.25) is 9.59 Å². The van der Waals surface area contributed by atoms with Crippen LogP contribution in [0.15, 0.2) is 18.2 Å². The Labute approximate surface area is 195 Å². The first-order valence-corrected chi connectivity index (χ1v) is 12.3. The van der Waals surface area contributed by atoms with E-state index in [-0.39, 0.29) is 24.1 Å². The number of carbonyl (C=O) groups excluding carboxylic acids is 3. The molecule has 0 aliphatic carbocycles. The summed E-state index contributed by atoms with van der Waals surface area (Å²) < 4.78 is 1.30. The Morgan fingerprint density at radius 2 is 1.79 bits per heavy atom. The van der Waals surface area contributed by atoms with Crippen LogP contribution in [0, 0.1) is 11.8 Å². The van der Waals surface area contributed by atoms with Gasteiger partial charge in [0.2, 0.25) is 5.91 Å². The van der Waals surface area contributed by atoms with Crippen molar-refractivity contribution < 1.29 is 14.4 Å². The zero-order valence-corrected chi connectivity index (χ0v) is 19.7. The number of fused-ring (bicyclic) bond motifs is 4. The van der Waals surface area contributed by atoms with Crippen molar-refractivity contribution in [2.75, 3.05) is 32.7 Å². The van der Waals surface area contributed by atoms with E-state index in [2.05, 4.69) is 20.6 Å². The van der Waals surface area contributed by atoms with Crippen molar-refractivity contribution >= 4 is 28.6 Å². The molecule has 5 rings (SSSR count). The van der Waals surface area contributed by atoms with Crippen molar-refractivity contribution in [3.63, 3.8) is 0 Å². The van der Waals surface area contributed by atoms with Crippen molar-refractivity contribution in [2.45, 2.75) is 52.4 Å². The molecule has 4 heterocycles.